The van der Waals surface area contributed by atoms with Gasteiger partial charge in [-0.2, -0.15) is 0 Å². The zero-order valence-electron chi connectivity index (χ0n) is 11.7. The summed E-state index contributed by atoms with van der Waals surface area (Å²) in [4.78, 5) is 13.0. The molecule has 0 saturated heterocycles. The smallest absolute Gasteiger partial charge is 0.262 e. The third kappa shape index (κ3) is 3.94. The van der Waals surface area contributed by atoms with Crippen LogP contribution in [0.5, 0.6) is 5.75 Å². The van der Waals surface area contributed by atoms with Crippen LogP contribution >= 0.6 is 15.9 Å². The molecule has 2 N–H and O–H groups in total. The molecule has 1 aromatic carbocycles. The number of ether oxygens (including phenoxy) is 1. The molecule has 0 fully saturated rings. The van der Waals surface area contributed by atoms with Crippen LogP contribution in [-0.4, -0.2) is 39.4 Å². The maximum absolute atomic E-state index is 11.8. The maximum atomic E-state index is 11.8. The van der Waals surface area contributed by atoms with E-state index in [1.165, 1.54) is 11.0 Å². The number of amides is 1. The zero-order chi connectivity index (χ0) is 15.7. The fourth-order valence-electron chi connectivity index (χ4n) is 1.65. The van der Waals surface area contributed by atoms with E-state index in [0.29, 0.717) is 10.0 Å². The zero-order valence-corrected chi connectivity index (χ0v) is 14.1. The second-order valence-corrected chi connectivity index (χ2v) is 7.03. The largest absolute Gasteiger partial charge is 0.479 e. The van der Waals surface area contributed by atoms with Gasteiger partial charge in [-0.15, -0.1) is 0 Å². The Bertz CT molecular complexity index is 629. The number of likely N-dealkylation sites (N-methyl/N-ethyl adjacent to an activating group) is 1. The van der Waals surface area contributed by atoms with Crippen LogP contribution in [0.4, 0.5) is 0 Å². The van der Waals surface area contributed by atoms with Gasteiger partial charge >= 0.3 is 0 Å². The number of primary sulfonamides is 1. The molecule has 1 unspecified atom stereocenters. The highest BCUT2D eigenvalue weighted by Crippen LogP contribution is 2.31. The molecule has 6 nitrogen and oxygen atoms in total. The van der Waals surface area contributed by atoms with Crippen LogP contribution in [0.2, 0.25) is 0 Å². The van der Waals surface area contributed by atoms with Gasteiger partial charge in [0.1, 0.15) is 10.6 Å². The Balaban J connectivity index is 3.28. The van der Waals surface area contributed by atoms with Crippen molar-refractivity contribution in [3.8, 4) is 5.75 Å². The normalized spacial score (nSPS) is 12.9. The predicted molar refractivity (Wildman–Crippen MR) is 79.0 cm³/mol. The molecule has 1 amide bonds. The Labute approximate surface area is 127 Å². The molecule has 1 aromatic rings. The summed E-state index contributed by atoms with van der Waals surface area (Å²) in [7, 11) is -0.761. The van der Waals surface area contributed by atoms with Crippen molar-refractivity contribution in [3.05, 3.63) is 22.2 Å². The van der Waals surface area contributed by atoms with Crippen molar-refractivity contribution in [2.24, 2.45) is 5.14 Å². The first-order chi connectivity index (χ1) is 9.04. The molecular formula is C12H17BrN2O4S. The molecule has 0 saturated carbocycles. The number of nitrogens with two attached hydrogens (primary N) is 1. The summed E-state index contributed by atoms with van der Waals surface area (Å²) in [5.41, 5.74) is 0.571. The number of nitrogens with zero attached hydrogens (tertiary/aromatic N) is 1. The number of halogens is 1. The quantitative estimate of drug-likeness (QED) is 0.870. The number of sulfonamides is 1. The Hall–Kier alpha value is -1.12. The van der Waals surface area contributed by atoms with E-state index < -0.39 is 16.1 Å². The Morgan fingerprint density at radius 3 is 2.40 bits per heavy atom. The van der Waals surface area contributed by atoms with Crippen LogP contribution in [0.15, 0.2) is 21.5 Å². The number of hydrogen-bond acceptors (Lipinski definition) is 4. The van der Waals surface area contributed by atoms with Crippen LogP contribution in [0.3, 0.4) is 0 Å². The number of aryl methyl sites for hydroxylation is 1. The molecule has 0 aliphatic carbocycles. The van der Waals surface area contributed by atoms with Crippen molar-refractivity contribution in [2.45, 2.75) is 24.8 Å². The summed E-state index contributed by atoms with van der Waals surface area (Å²) in [6.45, 7) is 3.23. The average molecular weight is 365 g/mol. The number of hydrogen-bond donors (Lipinski definition) is 1. The second-order valence-electron chi connectivity index (χ2n) is 4.59. The minimum absolute atomic E-state index is 0.0957. The fraction of sp³-hybridized carbons (Fsp3) is 0.417. The molecular weight excluding hydrogens is 348 g/mol. The van der Waals surface area contributed by atoms with Gasteiger partial charge in [0.05, 0.1) is 0 Å². The molecule has 0 aliphatic heterocycles. The van der Waals surface area contributed by atoms with Gasteiger partial charge in [0.25, 0.3) is 5.91 Å². The first-order valence-electron chi connectivity index (χ1n) is 5.74. The lowest BCUT2D eigenvalue weighted by Crippen LogP contribution is -2.35. The van der Waals surface area contributed by atoms with Crippen molar-refractivity contribution in [1.29, 1.82) is 0 Å². The van der Waals surface area contributed by atoms with Crippen LogP contribution in [-0.2, 0) is 14.8 Å². The maximum Gasteiger partial charge on any atom is 0.262 e. The topological polar surface area (TPSA) is 89.7 Å². The van der Waals surface area contributed by atoms with E-state index in [9.17, 15) is 13.2 Å². The summed E-state index contributed by atoms with van der Waals surface area (Å²) in [5, 5.41) is 5.18. The van der Waals surface area contributed by atoms with Crippen LogP contribution < -0.4 is 9.88 Å². The van der Waals surface area contributed by atoms with E-state index in [4.69, 9.17) is 9.88 Å². The highest BCUT2D eigenvalue weighted by molar-refractivity contribution is 9.10. The summed E-state index contributed by atoms with van der Waals surface area (Å²) in [6.07, 6.45) is -0.814. The van der Waals surface area contributed by atoms with E-state index in [1.54, 1.807) is 34.0 Å². The van der Waals surface area contributed by atoms with E-state index >= 15 is 0 Å². The van der Waals surface area contributed by atoms with E-state index in [0.717, 1.165) is 0 Å². The van der Waals surface area contributed by atoms with Gasteiger partial charge in [0.2, 0.25) is 10.0 Å². The monoisotopic (exact) mass is 364 g/mol. The van der Waals surface area contributed by atoms with Crippen LogP contribution in [0, 0.1) is 6.92 Å². The van der Waals surface area contributed by atoms with Crippen LogP contribution in [0.1, 0.15) is 12.5 Å². The van der Waals surface area contributed by atoms with E-state index in [-0.39, 0.29) is 16.6 Å². The highest BCUT2D eigenvalue weighted by atomic mass is 79.9. The lowest BCUT2D eigenvalue weighted by atomic mass is 10.2. The lowest BCUT2D eigenvalue weighted by molar-refractivity contribution is -0.135. The van der Waals surface area contributed by atoms with E-state index in [2.05, 4.69) is 15.9 Å². The van der Waals surface area contributed by atoms with Gasteiger partial charge in [-0.3, -0.25) is 4.79 Å². The third-order valence-electron chi connectivity index (χ3n) is 2.60. The fourth-order valence-corrected chi connectivity index (χ4v) is 3.13. The molecule has 0 bridgehead atoms. The van der Waals surface area contributed by atoms with Gasteiger partial charge in [0.15, 0.2) is 6.10 Å². The van der Waals surface area contributed by atoms with Gasteiger partial charge in [-0.05, 0) is 31.5 Å². The molecule has 0 radical (unpaired) electrons. The third-order valence-corrected chi connectivity index (χ3v) is 3.97. The Morgan fingerprint density at radius 2 is 1.95 bits per heavy atom. The standard InChI is InChI=1S/C12H17BrN2O4S/c1-7-5-9(13)6-10(20(14,17)18)11(7)19-8(2)12(16)15(3)4/h5-6,8H,1-4H3,(H2,14,17,18). The number of carbonyl (C=O) groups excluding carboxylic acids is 1. The first kappa shape index (κ1) is 16.9. The van der Waals surface area contributed by atoms with Gasteiger partial charge in [-0.25, -0.2) is 13.6 Å². The molecule has 0 heterocycles. The minimum Gasteiger partial charge on any atom is -0.479 e. The molecule has 0 spiro atoms. The lowest BCUT2D eigenvalue weighted by Gasteiger charge is -2.21. The van der Waals surface area contributed by atoms with Crippen molar-refractivity contribution in [2.75, 3.05) is 14.1 Å². The minimum atomic E-state index is -3.95. The van der Waals surface area contributed by atoms with Crippen LogP contribution in [0.25, 0.3) is 0 Å². The van der Waals surface area contributed by atoms with Crippen molar-refractivity contribution in [1.82, 2.24) is 4.90 Å². The average Bonchev–Trinajstić information content (AvgIpc) is 2.29. The highest BCUT2D eigenvalue weighted by Gasteiger charge is 2.23. The predicted octanol–water partition coefficient (Wildman–Crippen LogP) is 1.26. The van der Waals surface area contributed by atoms with Crippen molar-refractivity contribution < 1.29 is 17.9 Å². The summed E-state index contributed by atoms with van der Waals surface area (Å²) >= 11 is 3.21. The summed E-state index contributed by atoms with van der Waals surface area (Å²) in [5.74, 6) is -0.175. The Morgan fingerprint density at radius 1 is 1.40 bits per heavy atom. The number of rotatable bonds is 4. The first-order valence-corrected chi connectivity index (χ1v) is 8.08. The Kier molecular flexibility index (Phi) is 5.17. The summed E-state index contributed by atoms with van der Waals surface area (Å²) in [6, 6.07) is 3.04. The SMILES string of the molecule is Cc1cc(Br)cc(S(N)(=O)=O)c1OC(C)C(=O)N(C)C. The molecule has 0 aliphatic rings. The molecule has 1 rings (SSSR count). The van der Waals surface area contributed by atoms with Gasteiger partial charge < -0.3 is 9.64 Å². The van der Waals surface area contributed by atoms with Crippen molar-refractivity contribution >= 4 is 31.9 Å². The molecule has 8 heteroatoms. The van der Waals surface area contributed by atoms with Gasteiger partial charge in [0, 0.05) is 18.6 Å². The molecule has 112 valence electrons. The van der Waals surface area contributed by atoms with E-state index in [1.807, 2.05) is 0 Å². The molecule has 20 heavy (non-hydrogen) atoms. The number of benzene rings is 1. The summed E-state index contributed by atoms with van der Waals surface area (Å²) < 4.78 is 29.3. The molecule has 1 atom stereocenters. The van der Waals surface area contributed by atoms with Gasteiger partial charge in [-0.1, -0.05) is 15.9 Å². The number of carbonyl (C=O) groups is 1. The molecule has 0 aromatic heterocycles. The second kappa shape index (κ2) is 6.11. The van der Waals surface area contributed by atoms with Crippen molar-refractivity contribution in [3.63, 3.8) is 0 Å².